The van der Waals surface area contributed by atoms with E-state index >= 15 is 0 Å². The monoisotopic (exact) mass is 254 g/mol. The molecule has 0 bridgehead atoms. The van der Waals surface area contributed by atoms with Gasteiger partial charge in [-0.05, 0) is 22.0 Å². The first-order valence-electron chi connectivity index (χ1n) is 2.83. The number of rotatable bonds is 1. The molecule has 1 rings (SSSR count). The van der Waals surface area contributed by atoms with Gasteiger partial charge in [0.15, 0.2) is 0 Å². The van der Waals surface area contributed by atoms with Crippen LogP contribution in [0.5, 0.6) is 5.75 Å². The largest absolute Gasteiger partial charge is 0.495 e. The Morgan fingerprint density at radius 1 is 1.27 bits per heavy atom. The molecule has 0 radical (unpaired) electrons. The molecular weight excluding hydrogens is 251 g/mol. The summed E-state index contributed by atoms with van der Waals surface area (Å²) in [5.74, 6) is 0.583. The highest BCUT2D eigenvalue weighted by atomic mass is 79.9. The van der Waals surface area contributed by atoms with Gasteiger partial charge in [-0.1, -0.05) is 23.2 Å². The maximum atomic E-state index is 5.79. The maximum Gasteiger partial charge on any atom is 0.139 e. The van der Waals surface area contributed by atoms with Crippen molar-refractivity contribution in [3.63, 3.8) is 0 Å². The SMILES string of the molecule is COc1cc(Cl)c(Br)cc1Cl. The second-order valence-corrected chi connectivity index (χ2v) is 3.57. The lowest BCUT2D eigenvalue weighted by atomic mass is 10.3. The predicted molar refractivity (Wildman–Crippen MR) is 50.7 cm³/mol. The summed E-state index contributed by atoms with van der Waals surface area (Å²) in [6.07, 6.45) is 0. The molecule has 0 aromatic heterocycles. The van der Waals surface area contributed by atoms with E-state index in [0.717, 1.165) is 4.47 Å². The lowest BCUT2D eigenvalue weighted by Gasteiger charge is -2.03. The lowest BCUT2D eigenvalue weighted by Crippen LogP contribution is -1.83. The van der Waals surface area contributed by atoms with Crippen molar-refractivity contribution in [1.82, 2.24) is 0 Å². The van der Waals surface area contributed by atoms with E-state index < -0.39 is 0 Å². The van der Waals surface area contributed by atoms with Crippen molar-refractivity contribution in [1.29, 1.82) is 0 Å². The van der Waals surface area contributed by atoms with Crippen LogP contribution in [0.3, 0.4) is 0 Å². The zero-order valence-electron chi connectivity index (χ0n) is 5.70. The third-order valence-electron chi connectivity index (χ3n) is 1.19. The van der Waals surface area contributed by atoms with Gasteiger partial charge in [0, 0.05) is 10.5 Å². The highest BCUT2D eigenvalue weighted by molar-refractivity contribution is 9.10. The first kappa shape index (κ1) is 9.17. The van der Waals surface area contributed by atoms with Crippen molar-refractivity contribution in [3.8, 4) is 5.75 Å². The van der Waals surface area contributed by atoms with Crippen molar-refractivity contribution >= 4 is 39.1 Å². The third-order valence-corrected chi connectivity index (χ3v) is 2.69. The van der Waals surface area contributed by atoms with Gasteiger partial charge < -0.3 is 4.74 Å². The normalized spacial score (nSPS) is 9.82. The summed E-state index contributed by atoms with van der Waals surface area (Å²) in [5, 5.41) is 1.13. The van der Waals surface area contributed by atoms with E-state index in [-0.39, 0.29) is 0 Å². The molecule has 1 aromatic carbocycles. The fourth-order valence-corrected chi connectivity index (χ4v) is 1.53. The van der Waals surface area contributed by atoms with Gasteiger partial charge in [-0.3, -0.25) is 0 Å². The van der Waals surface area contributed by atoms with Crippen LogP contribution in [-0.4, -0.2) is 7.11 Å². The second-order valence-electron chi connectivity index (χ2n) is 1.90. The van der Waals surface area contributed by atoms with Crippen LogP contribution in [0, 0.1) is 0 Å². The van der Waals surface area contributed by atoms with E-state index in [1.54, 1.807) is 19.2 Å². The number of ether oxygens (including phenoxy) is 1. The molecule has 0 aliphatic heterocycles. The van der Waals surface area contributed by atoms with Crippen molar-refractivity contribution < 1.29 is 4.74 Å². The second kappa shape index (κ2) is 3.65. The van der Waals surface area contributed by atoms with Crippen LogP contribution in [0.15, 0.2) is 16.6 Å². The van der Waals surface area contributed by atoms with Gasteiger partial charge in [-0.2, -0.15) is 0 Å². The highest BCUT2D eigenvalue weighted by Gasteiger charge is 2.04. The molecule has 11 heavy (non-hydrogen) atoms. The van der Waals surface area contributed by atoms with Crippen molar-refractivity contribution in [2.45, 2.75) is 0 Å². The number of benzene rings is 1. The van der Waals surface area contributed by atoms with Gasteiger partial charge in [-0.25, -0.2) is 0 Å². The van der Waals surface area contributed by atoms with Crippen molar-refractivity contribution in [2.24, 2.45) is 0 Å². The number of halogens is 3. The fourth-order valence-electron chi connectivity index (χ4n) is 0.661. The third kappa shape index (κ3) is 2.01. The van der Waals surface area contributed by atoms with Gasteiger partial charge in [0.1, 0.15) is 5.75 Å². The molecule has 0 fully saturated rings. The Kier molecular flexibility index (Phi) is 3.05. The highest BCUT2D eigenvalue weighted by Crippen LogP contribution is 2.33. The van der Waals surface area contributed by atoms with E-state index in [9.17, 15) is 0 Å². The smallest absolute Gasteiger partial charge is 0.139 e. The molecule has 0 unspecified atom stereocenters. The summed E-state index contributed by atoms with van der Waals surface area (Å²) < 4.78 is 5.71. The Labute approximate surface area is 83.4 Å². The van der Waals surface area contributed by atoms with Gasteiger partial charge in [0.25, 0.3) is 0 Å². The van der Waals surface area contributed by atoms with Crippen LogP contribution in [0.2, 0.25) is 10.0 Å². The summed E-state index contributed by atoms with van der Waals surface area (Å²) in [7, 11) is 1.55. The zero-order chi connectivity index (χ0) is 8.43. The van der Waals surface area contributed by atoms with E-state index in [0.29, 0.717) is 15.8 Å². The van der Waals surface area contributed by atoms with Crippen molar-refractivity contribution in [3.05, 3.63) is 26.7 Å². The topological polar surface area (TPSA) is 9.23 Å². The lowest BCUT2D eigenvalue weighted by molar-refractivity contribution is 0.415. The molecule has 0 atom stereocenters. The minimum atomic E-state index is 0.545. The standard InChI is InChI=1S/C7H5BrCl2O/c1-11-7-3-5(9)4(8)2-6(7)10/h2-3H,1H3. The Morgan fingerprint density at radius 2 is 1.91 bits per heavy atom. The summed E-state index contributed by atoms with van der Waals surface area (Å²) in [6.45, 7) is 0. The van der Waals surface area contributed by atoms with Gasteiger partial charge in [0.05, 0.1) is 17.2 Å². The molecule has 1 aromatic rings. The van der Waals surface area contributed by atoms with Crippen LogP contribution in [0.4, 0.5) is 0 Å². The minimum absolute atomic E-state index is 0.545. The van der Waals surface area contributed by atoms with Crippen molar-refractivity contribution in [2.75, 3.05) is 7.11 Å². The van der Waals surface area contributed by atoms with E-state index in [4.69, 9.17) is 27.9 Å². The van der Waals surface area contributed by atoms with Crippen LogP contribution in [0.25, 0.3) is 0 Å². The molecule has 4 heteroatoms. The summed E-state index contributed by atoms with van der Waals surface area (Å²) >= 11 is 14.8. The first-order valence-corrected chi connectivity index (χ1v) is 4.38. The zero-order valence-corrected chi connectivity index (χ0v) is 8.79. The van der Waals surface area contributed by atoms with Gasteiger partial charge in [-0.15, -0.1) is 0 Å². The molecule has 0 aliphatic rings. The molecule has 0 N–H and O–H groups in total. The van der Waals surface area contributed by atoms with Crippen LogP contribution >= 0.6 is 39.1 Å². The van der Waals surface area contributed by atoms with E-state index in [1.807, 2.05) is 0 Å². The van der Waals surface area contributed by atoms with Gasteiger partial charge >= 0.3 is 0 Å². The quantitative estimate of drug-likeness (QED) is 0.695. The minimum Gasteiger partial charge on any atom is -0.495 e. The van der Waals surface area contributed by atoms with E-state index in [2.05, 4.69) is 15.9 Å². The molecule has 0 saturated heterocycles. The Morgan fingerprint density at radius 3 is 2.45 bits per heavy atom. The maximum absolute atomic E-state index is 5.79. The molecule has 0 aliphatic carbocycles. The summed E-state index contributed by atoms with van der Waals surface area (Å²) in [5.41, 5.74) is 0. The Balaban J connectivity index is 3.21. The Hall–Kier alpha value is 0.0800. The molecule has 0 saturated carbocycles. The summed E-state index contributed by atoms with van der Waals surface area (Å²) in [6, 6.07) is 3.36. The number of methoxy groups -OCH3 is 1. The Bertz CT molecular complexity index is 275. The molecular formula is C7H5BrCl2O. The summed E-state index contributed by atoms with van der Waals surface area (Å²) in [4.78, 5) is 0. The molecule has 0 spiro atoms. The average molecular weight is 256 g/mol. The fraction of sp³-hybridized carbons (Fsp3) is 0.143. The van der Waals surface area contributed by atoms with Crippen LogP contribution in [-0.2, 0) is 0 Å². The first-order chi connectivity index (χ1) is 5.15. The molecule has 0 heterocycles. The van der Waals surface area contributed by atoms with Crippen LogP contribution in [0.1, 0.15) is 0 Å². The van der Waals surface area contributed by atoms with Gasteiger partial charge in [0.2, 0.25) is 0 Å². The molecule has 1 nitrogen and oxygen atoms in total. The molecule has 0 amide bonds. The number of hydrogen-bond donors (Lipinski definition) is 0. The average Bonchev–Trinajstić information content (AvgIpc) is 1.97. The number of hydrogen-bond acceptors (Lipinski definition) is 1. The molecule has 60 valence electrons. The predicted octanol–water partition coefficient (Wildman–Crippen LogP) is 3.76. The van der Waals surface area contributed by atoms with E-state index in [1.165, 1.54) is 0 Å². The van der Waals surface area contributed by atoms with Crippen LogP contribution < -0.4 is 4.74 Å².